The first-order valence-electron chi connectivity index (χ1n) is 9.11. The molecule has 3 aromatic rings. The van der Waals surface area contributed by atoms with Crippen molar-refractivity contribution in [3.8, 4) is 11.5 Å². The number of carbonyl (C=O) groups is 2. The number of ether oxygens (including phenoxy) is 1. The Hall–Kier alpha value is -3.59. The molecule has 9 heteroatoms. The third kappa shape index (κ3) is 3.67. The van der Waals surface area contributed by atoms with E-state index in [2.05, 4.69) is 5.10 Å². The van der Waals surface area contributed by atoms with E-state index in [9.17, 15) is 19.8 Å². The fourth-order valence-electron chi connectivity index (χ4n) is 3.15. The van der Waals surface area contributed by atoms with Gasteiger partial charge in [-0.05, 0) is 42.1 Å². The molecule has 0 spiro atoms. The Balaban J connectivity index is 1.50. The Labute approximate surface area is 175 Å². The van der Waals surface area contributed by atoms with Crippen LogP contribution in [0.3, 0.4) is 0 Å². The minimum atomic E-state index is -0.924. The van der Waals surface area contributed by atoms with Gasteiger partial charge in [0.2, 0.25) is 0 Å². The van der Waals surface area contributed by atoms with E-state index < -0.39 is 36.0 Å². The van der Waals surface area contributed by atoms with Crippen LogP contribution in [-0.4, -0.2) is 39.4 Å². The summed E-state index contributed by atoms with van der Waals surface area (Å²) in [5.74, 6) is -1.87. The van der Waals surface area contributed by atoms with E-state index in [4.69, 9.17) is 9.15 Å². The van der Waals surface area contributed by atoms with Crippen LogP contribution in [0.15, 0.2) is 57.6 Å². The summed E-state index contributed by atoms with van der Waals surface area (Å²) in [7, 11) is 0. The second kappa shape index (κ2) is 8.03. The molecule has 1 aliphatic heterocycles. The van der Waals surface area contributed by atoms with E-state index >= 15 is 0 Å². The molecule has 2 aromatic heterocycles. The number of aromatic hydroxyl groups is 2. The number of benzene rings is 1. The van der Waals surface area contributed by atoms with Crippen molar-refractivity contribution in [2.45, 2.75) is 19.4 Å². The molecule has 0 radical (unpaired) electrons. The van der Waals surface area contributed by atoms with Crippen molar-refractivity contribution >= 4 is 28.9 Å². The molecular weight excluding hydrogens is 408 g/mol. The average Bonchev–Trinajstić information content (AvgIpc) is 3.49. The van der Waals surface area contributed by atoms with Crippen LogP contribution < -0.4 is 0 Å². The molecule has 1 aliphatic rings. The summed E-state index contributed by atoms with van der Waals surface area (Å²) in [5.41, 5.74) is 0.929. The SMILES string of the molecule is Cc1ccc(C(=O)OCC(=O)N2N=C(c3cccs3)CC2c2ccco2)c(O)c1O. The second-order valence-electron chi connectivity index (χ2n) is 6.70. The number of rotatable bonds is 5. The molecule has 1 aromatic carbocycles. The summed E-state index contributed by atoms with van der Waals surface area (Å²) in [5, 5.41) is 27.4. The predicted octanol–water partition coefficient (Wildman–Crippen LogP) is 3.60. The normalized spacial score (nSPS) is 15.8. The van der Waals surface area contributed by atoms with Gasteiger partial charge in [-0.15, -0.1) is 11.3 Å². The maximum absolute atomic E-state index is 12.8. The fraction of sp³-hybridized carbons (Fsp3) is 0.190. The number of thiophene rings is 1. The lowest BCUT2D eigenvalue weighted by Gasteiger charge is -2.19. The van der Waals surface area contributed by atoms with E-state index in [1.165, 1.54) is 34.7 Å². The van der Waals surface area contributed by atoms with Crippen molar-refractivity contribution < 1.29 is 29.0 Å². The van der Waals surface area contributed by atoms with Crippen LogP contribution >= 0.6 is 11.3 Å². The molecule has 1 unspecified atom stereocenters. The zero-order chi connectivity index (χ0) is 21.3. The van der Waals surface area contributed by atoms with Gasteiger partial charge in [-0.3, -0.25) is 4.79 Å². The fourth-order valence-corrected chi connectivity index (χ4v) is 3.87. The quantitative estimate of drug-likeness (QED) is 0.476. The number of aryl methyl sites for hydroxylation is 1. The van der Waals surface area contributed by atoms with Gasteiger partial charge in [0, 0.05) is 6.42 Å². The molecule has 30 heavy (non-hydrogen) atoms. The number of hydrazone groups is 1. The minimum absolute atomic E-state index is 0.224. The largest absolute Gasteiger partial charge is 0.504 e. The van der Waals surface area contributed by atoms with Gasteiger partial charge in [0.1, 0.15) is 17.4 Å². The number of nitrogens with zero attached hydrogens (tertiary/aromatic N) is 2. The molecule has 0 bridgehead atoms. The minimum Gasteiger partial charge on any atom is -0.504 e. The van der Waals surface area contributed by atoms with Crippen LogP contribution in [0.2, 0.25) is 0 Å². The number of phenols is 2. The molecule has 154 valence electrons. The monoisotopic (exact) mass is 426 g/mol. The van der Waals surface area contributed by atoms with Crippen LogP contribution in [0.4, 0.5) is 0 Å². The molecule has 1 amide bonds. The van der Waals surface area contributed by atoms with Crippen LogP contribution in [0, 0.1) is 6.92 Å². The summed E-state index contributed by atoms with van der Waals surface area (Å²) in [6.07, 6.45) is 1.99. The maximum atomic E-state index is 12.8. The van der Waals surface area contributed by atoms with Gasteiger partial charge in [-0.1, -0.05) is 12.1 Å². The van der Waals surface area contributed by atoms with Crippen molar-refractivity contribution in [2.75, 3.05) is 6.61 Å². The smallest absolute Gasteiger partial charge is 0.342 e. The Morgan fingerprint density at radius 2 is 2.07 bits per heavy atom. The number of hydrogen-bond donors (Lipinski definition) is 2. The molecule has 3 heterocycles. The van der Waals surface area contributed by atoms with Crippen molar-refractivity contribution in [3.05, 3.63) is 69.8 Å². The Bertz CT molecular complexity index is 1100. The van der Waals surface area contributed by atoms with E-state index in [-0.39, 0.29) is 5.56 Å². The zero-order valence-electron chi connectivity index (χ0n) is 15.9. The molecule has 0 aliphatic carbocycles. The molecule has 1 atom stereocenters. The van der Waals surface area contributed by atoms with Crippen molar-refractivity contribution in [2.24, 2.45) is 5.10 Å². The highest BCUT2D eigenvalue weighted by Crippen LogP contribution is 2.35. The van der Waals surface area contributed by atoms with Gasteiger partial charge in [0.15, 0.2) is 18.1 Å². The number of esters is 1. The van der Waals surface area contributed by atoms with Crippen LogP contribution in [0.1, 0.15) is 39.0 Å². The van der Waals surface area contributed by atoms with E-state index in [0.29, 0.717) is 17.7 Å². The first kappa shape index (κ1) is 19.7. The number of furan rings is 1. The number of carbonyl (C=O) groups excluding carboxylic acids is 2. The molecule has 4 rings (SSSR count). The van der Waals surface area contributed by atoms with Gasteiger partial charge >= 0.3 is 5.97 Å². The van der Waals surface area contributed by atoms with Crippen molar-refractivity contribution in [1.82, 2.24) is 5.01 Å². The Morgan fingerprint density at radius 1 is 1.23 bits per heavy atom. The maximum Gasteiger partial charge on any atom is 0.342 e. The second-order valence-corrected chi connectivity index (χ2v) is 7.65. The van der Waals surface area contributed by atoms with E-state index in [0.717, 1.165) is 10.6 Å². The highest BCUT2D eigenvalue weighted by atomic mass is 32.1. The molecule has 8 nitrogen and oxygen atoms in total. The molecular formula is C21H18N2O6S. The predicted molar refractivity (Wildman–Crippen MR) is 109 cm³/mol. The third-order valence-electron chi connectivity index (χ3n) is 4.74. The van der Waals surface area contributed by atoms with Gasteiger partial charge in [-0.25, -0.2) is 9.80 Å². The zero-order valence-corrected chi connectivity index (χ0v) is 16.8. The van der Waals surface area contributed by atoms with Gasteiger partial charge in [-0.2, -0.15) is 5.10 Å². The van der Waals surface area contributed by atoms with E-state index in [1.54, 1.807) is 19.1 Å². The molecule has 0 saturated heterocycles. The molecule has 0 fully saturated rings. The molecule has 0 saturated carbocycles. The topological polar surface area (TPSA) is 113 Å². The van der Waals surface area contributed by atoms with Gasteiger partial charge in [0.05, 0.1) is 16.9 Å². The third-order valence-corrected chi connectivity index (χ3v) is 5.66. The highest BCUT2D eigenvalue weighted by Gasteiger charge is 2.35. The van der Waals surface area contributed by atoms with E-state index in [1.807, 2.05) is 17.5 Å². The summed E-state index contributed by atoms with van der Waals surface area (Å²) in [6.45, 7) is 1.00. The number of hydrogen-bond acceptors (Lipinski definition) is 8. The van der Waals surface area contributed by atoms with Gasteiger partial charge < -0.3 is 19.4 Å². The lowest BCUT2D eigenvalue weighted by Crippen LogP contribution is -2.31. The summed E-state index contributed by atoms with van der Waals surface area (Å²) in [4.78, 5) is 26.0. The van der Waals surface area contributed by atoms with Crippen LogP contribution in [0.25, 0.3) is 0 Å². The lowest BCUT2D eigenvalue weighted by molar-refractivity contribution is -0.136. The molecule has 2 N–H and O–H groups in total. The van der Waals surface area contributed by atoms with Crippen LogP contribution in [0.5, 0.6) is 11.5 Å². The number of phenolic OH excluding ortho intramolecular Hbond substituents is 2. The Morgan fingerprint density at radius 3 is 2.77 bits per heavy atom. The Kier molecular flexibility index (Phi) is 5.28. The number of amides is 1. The average molecular weight is 426 g/mol. The first-order valence-corrected chi connectivity index (χ1v) is 9.99. The van der Waals surface area contributed by atoms with Crippen LogP contribution in [-0.2, 0) is 9.53 Å². The standard InChI is InChI=1S/C21H18N2O6S/c1-12-6-7-13(20(26)19(12)25)21(27)29-11-18(24)23-15(16-4-2-8-28-16)10-14(22-23)17-5-3-9-30-17/h2-9,15,25-26H,10-11H2,1H3. The van der Waals surface area contributed by atoms with Gasteiger partial charge in [0.25, 0.3) is 5.91 Å². The lowest BCUT2D eigenvalue weighted by atomic mass is 10.1. The summed E-state index contributed by atoms with van der Waals surface area (Å²) < 4.78 is 10.5. The van der Waals surface area contributed by atoms with Crippen molar-refractivity contribution in [3.63, 3.8) is 0 Å². The highest BCUT2D eigenvalue weighted by molar-refractivity contribution is 7.12. The van der Waals surface area contributed by atoms with Crippen molar-refractivity contribution in [1.29, 1.82) is 0 Å². The summed E-state index contributed by atoms with van der Waals surface area (Å²) >= 11 is 1.52. The summed E-state index contributed by atoms with van der Waals surface area (Å²) in [6, 6.07) is 9.67. The first-order chi connectivity index (χ1) is 14.5.